The molecule has 3 aromatic rings. The van der Waals surface area contributed by atoms with Crippen LogP contribution in [0.25, 0.3) is 21.8 Å². The van der Waals surface area contributed by atoms with E-state index >= 15 is 0 Å². The van der Waals surface area contributed by atoms with E-state index in [1.165, 1.54) is 12.6 Å². The minimum absolute atomic E-state index is 0.0790. The minimum atomic E-state index is -0.346. The molecule has 1 aliphatic rings. The molecule has 1 saturated carbocycles. The van der Waals surface area contributed by atoms with E-state index in [-0.39, 0.29) is 17.2 Å². The summed E-state index contributed by atoms with van der Waals surface area (Å²) in [6.07, 6.45) is 6.69. The first-order valence-electron chi connectivity index (χ1n) is 8.79. The second kappa shape index (κ2) is 5.72. The summed E-state index contributed by atoms with van der Waals surface area (Å²) in [6, 6.07) is 5.39. The molecule has 25 heavy (non-hydrogen) atoms. The number of pyridine rings is 3. The zero-order chi connectivity index (χ0) is 17.7. The van der Waals surface area contributed by atoms with Gasteiger partial charge in [0.1, 0.15) is 0 Å². The third kappa shape index (κ3) is 2.44. The fourth-order valence-electron chi connectivity index (χ4n) is 4.06. The third-order valence-corrected chi connectivity index (χ3v) is 5.82. The summed E-state index contributed by atoms with van der Waals surface area (Å²) in [5.74, 6) is 6.68. The Morgan fingerprint density at radius 1 is 1.04 bits per heavy atom. The molecule has 4 rings (SSSR count). The molecule has 0 saturated heterocycles. The van der Waals surface area contributed by atoms with Gasteiger partial charge in [-0.2, -0.15) is 0 Å². The van der Waals surface area contributed by atoms with E-state index in [1.807, 2.05) is 16.8 Å². The van der Waals surface area contributed by atoms with Crippen LogP contribution < -0.4 is 17.0 Å². The van der Waals surface area contributed by atoms with Gasteiger partial charge in [0.15, 0.2) is 0 Å². The Morgan fingerprint density at radius 3 is 2.48 bits per heavy atom. The lowest BCUT2D eigenvalue weighted by Gasteiger charge is -2.35. The van der Waals surface area contributed by atoms with E-state index in [4.69, 9.17) is 5.84 Å². The first-order chi connectivity index (χ1) is 12.0. The summed E-state index contributed by atoms with van der Waals surface area (Å²) in [7, 11) is 0. The van der Waals surface area contributed by atoms with Crippen LogP contribution in [-0.2, 0) is 0 Å². The van der Waals surface area contributed by atoms with Crippen molar-refractivity contribution in [1.29, 1.82) is 0 Å². The largest absolute Gasteiger partial charge is 0.336 e. The van der Waals surface area contributed by atoms with E-state index in [1.54, 1.807) is 12.1 Å². The van der Waals surface area contributed by atoms with Crippen LogP contribution >= 0.6 is 0 Å². The van der Waals surface area contributed by atoms with Gasteiger partial charge in [0, 0.05) is 18.4 Å². The van der Waals surface area contributed by atoms with Gasteiger partial charge < -0.3 is 10.4 Å². The molecule has 3 aromatic heterocycles. The SMILES string of the molecule is C[C@@H]1[C@H](C)CCC[C@H]1n1ccc2nc3ccn(N)c(=O)c3cc2c1=O. The van der Waals surface area contributed by atoms with Crippen molar-refractivity contribution in [2.75, 3.05) is 5.84 Å². The van der Waals surface area contributed by atoms with Gasteiger partial charge in [-0.15, -0.1) is 0 Å². The predicted octanol–water partition coefficient (Wildman–Crippen LogP) is 2.42. The average Bonchev–Trinajstić information content (AvgIpc) is 2.61. The van der Waals surface area contributed by atoms with Gasteiger partial charge in [0.25, 0.3) is 11.1 Å². The van der Waals surface area contributed by atoms with E-state index in [0.29, 0.717) is 33.6 Å². The number of nitrogen functional groups attached to an aromatic ring is 1. The summed E-state index contributed by atoms with van der Waals surface area (Å²) in [5, 5.41) is 0.848. The minimum Gasteiger partial charge on any atom is -0.336 e. The molecule has 3 atom stereocenters. The fraction of sp³-hybridized carbons (Fsp3) is 0.421. The summed E-state index contributed by atoms with van der Waals surface area (Å²) >= 11 is 0. The quantitative estimate of drug-likeness (QED) is 0.546. The molecule has 3 heterocycles. The molecule has 1 aliphatic carbocycles. The molecule has 1 fully saturated rings. The van der Waals surface area contributed by atoms with Gasteiger partial charge in [-0.25, -0.2) is 9.66 Å². The number of hydrogen-bond acceptors (Lipinski definition) is 4. The van der Waals surface area contributed by atoms with Crippen LogP contribution in [-0.4, -0.2) is 14.2 Å². The maximum absolute atomic E-state index is 13.1. The molecule has 0 amide bonds. The Bertz CT molecular complexity index is 1080. The number of hydrogen-bond donors (Lipinski definition) is 1. The van der Waals surface area contributed by atoms with Gasteiger partial charge in [0.05, 0.1) is 21.8 Å². The van der Waals surface area contributed by atoms with Crippen LogP contribution in [0.3, 0.4) is 0 Å². The van der Waals surface area contributed by atoms with Crippen LogP contribution in [0.15, 0.2) is 40.2 Å². The topological polar surface area (TPSA) is 82.9 Å². The first kappa shape index (κ1) is 15.9. The maximum atomic E-state index is 13.1. The lowest BCUT2D eigenvalue weighted by molar-refractivity contribution is 0.183. The Kier molecular flexibility index (Phi) is 3.63. The van der Waals surface area contributed by atoms with Crippen molar-refractivity contribution in [2.45, 2.75) is 39.2 Å². The Morgan fingerprint density at radius 2 is 1.72 bits per heavy atom. The van der Waals surface area contributed by atoms with E-state index in [9.17, 15) is 9.59 Å². The van der Waals surface area contributed by atoms with Gasteiger partial charge in [-0.3, -0.25) is 9.59 Å². The smallest absolute Gasteiger partial charge is 0.278 e. The van der Waals surface area contributed by atoms with E-state index in [2.05, 4.69) is 18.8 Å². The molecule has 6 heteroatoms. The van der Waals surface area contributed by atoms with E-state index < -0.39 is 0 Å². The average molecular weight is 338 g/mol. The monoisotopic (exact) mass is 338 g/mol. The third-order valence-electron chi connectivity index (χ3n) is 5.82. The number of aromatic nitrogens is 3. The molecule has 6 nitrogen and oxygen atoms in total. The molecule has 0 aliphatic heterocycles. The van der Waals surface area contributed by atoms with Crippen molar-refractivity contribution in [2.24, 2.45) is 11.8 Å². The number of fused-ring (bicyclic) bond motifs is 2. The fourth-order valence-corrected chi connectivity index (χ4v) is 4.06. The van der Waals surface area contributed by atoms with Gasteiger partial charge in [0.2, 0.25) is 0 Å². The summed E-state index contributed by atoms with van der Waals surface area (Å²) in [6.45, 7) is 4.47. The van der Waals surface area contributed by atoms with Crippen molar-refractivity contribution in [3.63, 3.8) is 0 Å². The normalized spacial score (nSPS) is 24.0. The van der Waals surface area contributed by atoms with Gasteiger partial charge in [-0.1, -0.05) is 26.7 Å². The Labute approximate surface area is 144 Å². The second-order valence-electron chi connectivity index (χ2n) is 7.24. The molecule has 130 valence electrons. The lowest BCUT2D eigenvalue weighted by atomic mass is 9.78. The highest BCUT2D eigenvalue weighted by molar-refractivity contribution is 5.91. The Hall–Kier alpha value is -2.63. The summed E-state index contributed by atoms with van der Waals surface area (Å²) in [4.78, 5) is 29.8. The van der Waals surface area contributed by atoms with Gasteiger partial charge in [-0.05, 0) is 36.5 Å². The van der Waals surface area contributed by atoms with Crippen LogP contribution in [0.2, 0.25) is 0 Å². The van der Waals surface area contributed by atoms with Crippen molar-refractivity contribution >= 4 is 21.8 Å². The maximum Gasteiger partial charge on any atom is 0.278 e. The molecule has 0 unspecified atom stereocenters. The Balaban J connectivity index is 1.95. The van der Waals surface area contributed by atoms with Crippen LogP contribution in [0.4, 0.5) is 0 Å². The van der Waals surface area contributed by atoms with Gasteiger partial charge >= 0.3 is 0 Å². The van der Waals surface area contributed by atoms with Crippen LogP contribution in [0.5, 0.6) is 0 Å². The van der Waals surface area contributed by atoms with Crippen LogP contribution in [0.1, 0.15) is 39.2 Å². The number of rotatable bonds is 1. The van der Waals surface area contributed by atoms with Crippen LogP contribution in [0, 0.1) is 11.8 Å². The van der Waals surface area contributed by atoms with Crippen molar-refractivity contribution in [3.8, 4) is 0 Å². The number of nitrogens with zero attached hydrogens (tertiary/aromatic N) is 3. The highest BCUT2D eigenvalue weighted by Crippen LogP contribution is 2.37. The first-order valence-corrected chi connectivity index (χ1v) is 8.79. The molecular weight excluding hydrogens is 316 g/mol. The molecule has 0 bridgehead atoms. The molecule has 0 aromatic carbocycles. The summed E-state index contributed by atoms with van der Waals surface area (Å²) in [5.41, 5.74) is 0.737. The highest BCUT2D eigenvalue weighted by Gasteiger charge is 2.29. The number of nitrogens with two attached hydrogens (primary N) is 1. The zero-order valence-corrected chi connectivity index (χ0v) is 14.5. The van der Waals surface area contributed by atoms with E-state index in [0.717, 1.165) is 17.5 Å². The van der Waals surface area contributed by atoms with Crippen molar-refractivity contribution in [1.82, 2.24) is 14.2 Å². The molecular formula is C19H22N4O2. The standard InChI is InChI=1S/C19H22N4O2/c1-11-4-3-5-17(12(11)2)22-8-6-15-13(18(22)24)10-14-16(21-15)7-9-23(20)19(14)25/h6-12,17H,3-5,20H2,1-2H3/t11-,12-,17-/m1/s1. The second-order valence-corrected chi connectivity index (χ2v) is 7.24. The summed E-state index contributed by atoms with van der Waals surface area (Å²) < 4.78 is 2.85. The highest BCUT2D eigenvalue weighted by atomic mass is 16.1. The lowest BCUT2D eigenvalue weighted by Crippen LogP contribution is -2.33. The van der Waals surface area contributed by atoms with Crippen molar-refractivity contribution in [3.05, 3.63) is 51.3 Å². The molecule has 2 N–H and O–H groups in total. The zero-order valence-electron chi connectivity index (χ0n) is 14.5. The molecule has 0 spiro atoms. The van der Waals surface area contributed by atoms with Crippen molar-refractivity contribution < 1.29 is 0 Å². The predicted molar refractivity (Wildman–Crippen MR) is 99.1 cm³/mol. The molecule has 0 radical (unpaired) electrons.